The molecule has 1 aromatic heterocycles. The molecule has 2 aromatic rings. The van der Waals surface area contributed by atoms with Crippen molar-refractivity contribution in [1.29, 1.82) is 0 Å². The number of alkyl halides is 2. The summed E-state index contributed by atoms with van der Waals surface area (Å²) >= 11 is 0. The van der Waals surface area contributed by atoms with E-state index in [9.17, 15) is 8.78 Å². The van der Waals surface area contributed by atoms with Crippen molar-refractivity contribution in [2.24, 2.45) is 4.99 Å². The third-order valence-corrected chi connectivity index (χ3v) is 5.13. The molecule has 0 amide bonds. The Morgan fingerprint density at radius 3 is 2.61 bits per heavy atom. The highest BCUT2D eigenvalue weighted by molar-refractivity contribution is 5.79. The normalized spacial score (nSPS) is 16.4. The van der Waals surface area contributed by atoms with Crippen LogP contribution in [-0.2, 0) is 11.3 Å². The minimum absolute atomic E-state index is 0.0530. The van der Waals surface area contributed by atoms with Crippen molar-refractivity contribution in [3.8, 4) is 5.75 Å². The van der Waals surface area contributed by atoms with Gasteiger partial charge in [-0.1, -0.05) is 12.1 Å². The predicted molar refractivity (Wildman–Crippen MR) is 114 cm³/mol. The third-order valence-electron chi connectivity index (χ3n) is 5.13. The first kappa shape index (κ1) is 23.0. The Morgan fingerprint density at radius 1 is 1.23 bits per heavy atom. The SMILES string of the molecule is CCNC(=NCc1nccn1C(F)F)NCC(c1ccc(OC)cc1)N1CCOCC1. The van der Waals surface area contributed by atoms with E-state index in [1.54, 1.807) is 7.11 Å². The van der Waals surface area contributed by atoms with Crippen LogP contribution in [0.2, 0.25) is 0 Å². The molecule has 170 valence electrons. The lowest BCUT2D eigenvalue weighted by atomic mass is 10.0. The zero-order chi connectivity index (χ0) is 22.1. The van der Waals surface area contributed by atoms with Crippen LogP contribution in [0.5, 0.6) is 5.75 Å². The van der Waals surface area contributed by atoms with Gasteiger partial charge in [-0.2, -0.15) is 8.78 Å². The van der Waals surface area contributed by atoms with Gasteiger partial charge in [-0.25, -0.2) is 9.98 Å². The largest absolute Gasteiger partial charge is 0.497 e. The van der Waals surface area contributed by atoms with Gasteiger partial charge in [0.15, 0.2) is 5.96 Å². The lowest BCUT2D eigenvalue weighted by molar-refractivity contribution is 0.0170. The molecule has 0 bridgehead atoms. The molecule has 0 aliphatic carbocycles. The number of nitrogens with zero attached hydrogens (tertiary/aromatic N) is 4. The maximum Gasteiger partial charge on any atom is 0.319 e. The quantitative estimate of drug-likeness (QED) is 0.465. The van der Waals surface area contributed by atoms with Crippen molar-refractivity contribution < 1.29 is 18.3 Å². The number of ether oxygens (including phenoxy) is 2. The van der Waals surface area contributed by atoms with Crippen molar-refractivity contribution >= 4 is 5.96 Å². The average Bonchev–Trinajstić information content (AvgIpc) is 3.28. The zero-order valence-electron chi connectivity index (χ0n) is 17.9. The number of imidazole rings is 1. The van der Waals surface area contributed by atoms with Gasteiger partial charge in [0, 0.05) is 38.6 Å². The molecule has 10 heteroatoms. The summed E-state index contributed by atoms with van der Waals surface area (Å²) in [6.07, 6.45) is 2.61. The van der Waals surface area contributed by atoms with Crippen LogP contribution in [0.4, 0.5) is 8.78 Å². The van der Waals surface area contributed by atoms with E-state index >= 15 is 0 Å². The van der Waals surface area contributed by atoms with Crippen molar-refractivity contribution in [3.63, 3.8) is 0 Å². The van der Waals surface area contributed by atoms with Crippen LogP contribution in [-0.4, -0.2) is 66.9 Å². The van der Waals surface area contributed by atoms with Gasteiger partial charge in [0.2, 0.25) is 0 Å². The summed E-state index contributed by atoms with van der Waals surface area (Å²) in [6.45, 7) is 3.67. The van der Waals surface area contributed by atoms with E-state index in [-0.39, 0.29) is 18.4 Å². The number of hydrogen-bond donors (Lipinski definition) is 2. The van der Waals surface area contributed by atoms with Gasteiger partial charge >= 0.3 is 6.55 Å². The zero-order valence-corrected chi connectivity index (χ0v) is 17.9. The molecule has 8 nitrogen and oxygen atoms in total. The van der Waals surface area contributed by atoms with Crippen LogP contribution < -0.4 is 15.4 Å². The van der Waals surface area contributed by atoms with Gasteiger partial charge in [0.05, 0.1) is 26.4 Å². The van der Waals surface area contributed by atoms with Crippen molar-refractivity contribution in [3.05, 3.63) is 48.0 Å². The lowest BCUT2D eigenvalue weighted by Gasteiger charge is -2.35. The second kappa shape index (κ2) is 11.6. The Labute approximate surface area is 181 Å². The number of halogens is 2. The Morgan fingerprint density at radius 2 is 1.97 bits per heavy atom. The standard InChI is InChI=1S/C21H30F2N6O2/c1-3-24-21(27-15-19-25-8-9-29(19)20(22)23)26-14-18(28-10-12-31-13-11-28)16-4-6-17(30-2)7-5-16/h4-9,18,20H,3,10-15H2,1-2H3,(H2,24,26,27). The summed E-state index contributed by atoms with van der Waals surface area (Å²) in [5.41, 5.74) is 1.15. The number of aromatic nitrogens is 2. The van der Waals surface area contributed by atoms with Crippen LogP contribution in [0, 0.1) is 0 Å². The lowest BCUT2D eigenvalue weighted by Crippen LogP contribution is -2.46. The highest BCUT2D eigenvalue weighted by atomic mass is 19.3. The van der Waals surface area contributed by atoms with Gasteiger partial charge < -0.3 is 20.1 Å². The molecule has 1 fully saturated rings. The molecule has 1 aromatic carbocycles. The fraction of sp³-hybridized carbons (Fsp3) is 0.524. The van der Waals surface area contributed by atoms with Crippen molar-refractivity contribution in [2.75, 3.05) is 46.5 Å². The number of rotatable bonds is 9. The van der Waals surface area contributed by atoms with E-state index in [4.69, 9.17) is 9.47 Å². The summed E-state index contributed by atoms with van der Waals surface area (Å²) in [7, 11) is 1.65. The molecule has 0 spiro atoms. The molecular weight excluding hydrogens is 406 g/mol. The molecule has 1 saturated heterocycles. The first-order valence-corrected chi connectivity index (χ1v) is 10.4. The van der Waals surface area contributed by atoms with Crippen LogP contribution in [0.3, 0.4) is 0 Å². The number of methoxy groups -OCH3 is 1. The van der Waals surface area contributed by atoms with Gasteiger partial charge in [-0.15, -0.1) is 0 Å². The molecule has 2 N–H and O–H groups in total. The maximum atomic E-state index is 13.1. The summed E-state index contributed by atoms with van der Waals surface area (Å²) in [6, 6.07) is 8.12. The molecule has 1 atom stereocenters. The highest BCUT2D eigenvalue weighted by Gasteiger charge is 2.23. The van der Waals surface area contributed by atoms with Gasteiger partial charge in [-0.3, -0.25) is 9.47 Å². The number of morpholine rings is 1. The Bertz CT molecular complexity index is 822. The fourth-order valence-electron chi connectivity index (χ4n) is 3.50. The van der Waals surface area contributed by atoms with Crippen LogP contribution in [0.25, 0.3) is 0 Å². The molecular formula is C21H30F2N6O2. The minimum Gasteiger partial charge on any atom is -0.497 e. The number of aliphatic imine (C=N–C) groups is 1. The number of hydrogen-bond acceptors (Lipinski definition) is 5. The molecule has 3 rings (SSSR count). The number of nitrogens with one attached hydrogen (secondary N) is 2. The number of benzene rings is 1. The van der Waals surface area contributed by atoms with E-state index in [0.29, 0.717) is 32.3 Å². The maximum absolute atomic E-state index is 13.1. The molecule has 0 radical (unpaired) electrons. The van der Waals surface area contributed by atoms with Gasteiger partial charge in [-0.05, 0) is 24.6 Å². The monoisotopic (exact) mass is 436 g/mol. The summed E-state index contributed by atoms with van der Waals surface area (Å²) < 4.78 is 37.7. The first-order valence-electron chi connectivity index (χ1n) is 10.4. The third kappa shape index (κ3) is 6.38. The predicted octanol–water partition coefficient (Wildman–Crippen LogP) is 2.42. The van der Waals surface area contributed by atoms with Crippen LogP contribution in [0.15, 0.2) is 41.7 Å². The topological polar surface area (TPSA) is 75.9 Å². The molecule has 2 heterocycles. The van der Waals surface area contributed by atoms with E-state index in [2.05, 4.69) is 37.6 Å². The molecule has 1 aliphatic heterocycles. The van der Waals surface area contributed by atoms with E-state index in [0.717, 1.165) is 29.0 Å². The number of guanidine groups is 1. The second-order valence-corrected chi connectivity index (χ2v) is 7.04. The second-order valence-electron chi connectivity index (χ2n) is 7.04. The van der Waals surface area contributed by atoms with Crippen molar-refractivity contribution in [1.82, 2.24) is 25.1 Å². The highest BCUT2D eigenvalue weighted by Crippen LogP contribution is 2.23. The summed E-state index contributed by atoms with van der Waals surface area (Å²) in [5, 5.41) is 6.53. The Balaban J connectivity index is 1.72. The molecule has 1 aliphatic rings. The summed E-state index contributed by atoms with van der Waals surface area (Å²) in [4.78, 5) is 10.8. The Hall–Kier alpha value is -2.72. The van der Waals surface area contributed by atoms with Crippen molar-refractivity contribution in [2.45, 2.75) is 26.1 Å². The molecule has 1 unspecified atom stereocenters. The van der Waals surface area contributed by atoms with E-state index < -0.39 is 6.55 Å². The minimum atomic E-state index is -2.64. The first-order chi connectivity index (χ1) is 15.1. The van der Waals surface area contributed by atoms with Gasteiger partial charge in [0.25, 0.3) is 0 Å². The van der Waals surface area contributed by atoms with Crippen LogP contribution in [0.1, 0.15) is 30.9 Å². The molecule has 0 saturated carbocycles. The smallest absolute Gasteiger partial charge is 0.319 e. The van der Waals surface area contributed by atoms with Crippen LogP contribution >= 0.6 is 0 Å². The average molecular weight is 437 g/mol. The van der Waals surface area contributed by atoms with Gasteiger partial charge in [0.1, 0.15) is 18.1 Å². The Kier molecular flexibility index (Phi) is 8.60. The fourth-order valence-corrected chi connectivity index (χ4v) is 3.50. The summed E-state index contributed by atoms with van der Waals surface area (Å²) in [5.74, 6) is 1.58. The van der Waals surface area contributed by atoms with E-state index in [1.165, 1.54) is 12.4 Å². The molecule has 31 heavy (non-hydrogen) atoms. The van der Waals surface area contributed by atoms with E-state index in [1.807, 2.05) is 19.1 Å².